The van der Waals surface area contributed by atoms with Crippen molar-refractivity contribution < 1.29 is 18.9 Å². The third-order valence-electron chi connectivity index (χ3n) is 4.30. The van der Waals surface area contributed by atoms with Gasteiger partial charge in [0.1, 0.15) is 0 Å². The van der Waals surface area contributed by atoms with Crippen LogP contribution >= 0.6 is 11.6 Å². The van der Waals surface area contributed by atoms with E-state index in [2.05, 4.69) is 5.32 Å². The van der Waals surface area contributed by atoms with Gasteiger partial charge in [-0.25, -0.2) is 0 Å². The Morgan fingerprint density at radius 3 is 2.68 bits per heavy atom. The Morgan fingerprint density at radius 1 is 1.28 bits per heavy atom. The van der Waals surface area contributed by atoms with E-state index in [0.29, 0.717) is 36.1 Å². The molecule has 1 aliphatic heterocycles. The summed E-state index contributed by atoms with van der Waals surface area (Å²) in [6, 6.07) is 8.91. The number of piperazine rings is 1. The van der Waals surface area contributed by atoms with Crippen molar-refractivity contribution in [1.29, 1.82) is 0 Å². The fourth-order valence-corrected chi connectivity index (χ4v) is 3.18. The molecule has 6 nitrogen and oxygen atoms in total. The summed E-state index contributed by atoms with van der Waals surface area (Å²) in [5.74, 6) is 0.182. The Labute approximate surface area is 151 Å². The van der Waals surface area contributed by atoms with Crippen LogP contribution in [0.4, 0.5) is 5.69 Å². The van der Waals surface area contributed by atoms with E-state index in [-0.39, 0.29) is 11.8 Å². The van der Waals surface area contributed by atoms with Crippen LogP contribution in [0.1, 0.15) is 16.1 Å². The lowest BCUT2D eigenvalue weighted by Gasteiger charge is -2.31. The molecule has 0 atom stereocenters. The average Bonchev–Trinajstić information content (AvgIpc) is 3.12. The topological polar surface area (TPSA) is 67.0 Å². The highest BCUT2D eigenvalue weighted by Gasteiger charge is 2.27. The monoisotopic (exact) mass is 362 g/mol. The van der Waals surface area contributed by atoms with Crippen LogP contribution < -0.4 is 10.2 Å². The molecule has 1 aromatic carbocycles. The van der Waals surface area contributed by atoms with Crippen LogP contribution in [0.2, 0.25) is 5.02 Å². The third kappa shape index (κ3) is 4.41. The van der Waals surface area contributed by atoms with E-state index in [4.69, 9.17) is 16.0 Å². The van der Waals surface area contributed by atoms with Crippen molar-refractivity contribution >= 4 is 29.1 Å². The van der Waals surface area contributed by atoms with E-state index in [0.717, 1.165) is 23.6 Å². The molecule has 1 aromatic heterocycles. The number of nitrogens with zero attached hydrogens (tertiary/aromatic N) is 1. The minimum atomic E-state index is -0.0973. The van der Waals surface area contributed by atoms with Crippen molar-refractivity contribution in [1.82, 2.24) is 4.90 Å². The molecule has 0 unspecified atom stereocenters. The highest BCUT2D eigenvalue weighted by atomic mass is 35.5. The number of rotatable bonds is 4. The van der Waals surface area contributed by atoms with Crippen molar-refractivity contribution in [3.05, 3.63) is 52.9 Å². The van der Waals surface area contributed by atoms with Crippen molar-refractivity contribution in [3.63, 3.8) is 0 Å². The third-order valence-corrected chi connectivity index (χ3v) is 4.61. The lowest BCUT2D eigenvalue weighted by molar-refractivity contribution is -0.895. The van der Waals surface area contributed by atoms with Gasteiger partial charge in [-0.15, -0.1) is 0 Å². The van der Waals surface area contributed by atoms with E-state index in [1.807, 2.05) is 25.1 Å². The Bertz CT molecular complexity index is 753. The van der Waals surface area contributed by atoms with Crippen molar-refractivity contribution in [2.45, 2.75) is 6.92 Å². The molecule has 7 heteroatoms. The van der Waals surface area contributed by atoms with E-state index in [1.165, 1.54) is 6.26 Å². The van der Waals surface area contributed by atoms with Crippen LogP contribution in [0.25, 0.3) is 0 Å². The zero-order valence-electron chi connectivity index (χ0n) is 14.0. The van der Waals surface area contributed by atoms with Crippen LogP contribution in [0.5, 0.6) is 0 Å². The summed E-state index contributed by atoms with van der Waals surface area (Å²) in [6.07, 6.45) is 1.50. The van der Waals surface area contributed by atoms with Crippen LogP contribution in [0.15, 0.2) is 41.0 Å². The van der Waals surface area contributed by atoms with Gasteiger partial charge in [0.25, 0.3) is 11.8 Å². The Kier molecular flexibility index (Phi) is 5.40. The lowest BCUT2D eigenvalue weighted by atomic mass is 10.2. The molecule has 0 saturated carbocycles. The minimum Gasteiger partial charge on any atom is -0.459 e. The number of carbonyl (C=O) groups excluding carboxylic acids is 2. The summed E-state index contributed by atoms with van der Waals surface area (Å²) >= 11 is 6.14. The molecule has 2 heterocycles. The Morgan fingerprint density at radius 2 is 2.04 bits per heavy atom. The van der Waals surface area contributed by atoms with E-state index < -0.39 is 0 Å². The van der Waals surface area contributed by atoms with Gasteiger partial charge in [0.2, 0.25) is 0 Å². The first-order valence-electron chi connectivity index (χ1n) is 8.25. The predicted octanol–water partition coefficient (Wildman–Crippen LogP) is 1.22. The van der Waals surface area contributed by atoms with Gasteiger partial charge in [-0.3, -0.25) is 9.59 Å². The molecular weight excluding hydrogens is 342 g/mol. The number of halogens is 1. The number of carbonyl (C=O) groups is 2. The summed E-state index contributed by atoms with van der Waals surface area (Å²) in [7, 11) is 0. The van der Waals surface area contributed by atoms with Crippen molar-refractivity contribution in [2.75, 3.05) is 38.0 Å². The van der Waals surface area contributed by atoms with Crippen molar-refractivity contribution in [3.8, 4) is 0 Å². The van der Waals surface area contributed by atoms with Crippen LogP contribution in [-0.2, 0) is 4.79 Å². The van der Waals surface area contributed by atoms with Gasteiger partial charge in [-0.2, -0.15) is 0 Å². The van der Waals surface area contributed by atoms with Crippen molar-refractivity contribution in [2.24, 2.45) is 0 Å². The van der Waals surface area contributed by atoms with E-state index >= 15 is 0 Å². The van der Waals surface area contributed by atoms with Crippen LogP contribution in [0, 0.1) is 6.92 Å². The molecule has 0 spiro atoms. The molecule has 132 valence electrons. The summed E-state index contributed by atoms with van der Waals surface area (Å²) in [4.78, 5) is 27.4. The number of amides is 2. The first-order chi connectivity index (χ1) is 12.0. The normalized spacial score (nSPS) is 15.2. The lowest BCUT2D eigenvalue weighted by Crippen LogP contribution is -3.15. The second-order valence-corrected chi connectivity index (χ2v) is 6.63. The average molecular weight is 363 g/mol. The maximum Gasteiger partial charge on any atom is 0.289 e. The smallest absolute Gasteiger partial charge is 0.289 e. The molecule has 0 radical (unpaired) electrons. The van der Waals surface area contributed by atoms with E-state index in [1.54, 1.807) is 17.0 Å². The van der Waals surface area contributed by atoms with Gasteiger partial charge < -0.3 is 19.5 Å². The van der Waals surface area contributed by atoms with Gasteiger partial charge in [0.05, 0.1) is 43.2 Å². The summed E-state index contributed by atoms with van der Waals surface area (Å²) < 4.78 is 5.15. The first-order valence-corrected chi connectivity index (χ1v) is 8.63. The predicted molar refractivity (Wildman–Crippen MR) is 95.0 cm³/mol. The molecule has 1 saturated heterocycles. The zero-order chi connectivity index (χ0) is 17.8. The fraction of sp³-hybridized carbons (Fsp3) is 0.333. The zero-order valence-corrected chi connectivity index (χ0v) is 14.8. The number of quaternary nitrogens is 1. The standard InChI is InChI=1S/C18H20ClN3O3/c1-13-4-5-15(14(19)11-13)20-17(23)12-21-6-8-22(9-7-21)18(24)16-3-2-10-25-16/h2-5,10-11H,6-9,12H2,1H3,(H,20,23)/p+1. The molecule has 1 aliphatic rings. The first kappa shape index (κ1) is 17.5. The molecular formula is C18H21ClN3O3+. The van der Waals surface area contributed by atoms with Crippen LogP contribution in [0.3, 0.4) is 0 Å². The summed E-state index contributed by atoms with van der Waals surface area (Å²) in [5.41, 5.74) is 1.68. The maximum absolute atomic E-state index is 12.2. The van der Waals surface area contributed by atoms with Crippen LogP contribution in [-0.4, -0.2) is 49.4 Å². The number of nitrogens with one attached hydrogen (secondary N) is 2. The largest absolute Gasteiger partial charge is 0.459 e. The Balaban J connectivity index is 1.48. The van der Waals surface area contributed by atoms with Gasteiger partial charge in [-0.05, 0) is 36.8 Å². The quantitative estimate of drug-likeness (QED) is 0.859. The van der Waals surface area contributed by atoms with Gasteiger partial charge in [-0.1, -0.05) is 17.7 Å². The fourth-order valence-electron chi connectivity index (χ4n) is 2.90. The molecule has 0 bridgehead atoms. The maximum atomic E-state index is 12.2. The summed E-state index contributed by atoms with van der Waals surface area (Å²) in [5, 5.41) is 3.39. The molecule has 2 aromatic rings. The molecule has 2 N–H and O–H groups in total. The molecule has 2 amide bonds. The SMILES string of the molecule is Cc1ccc(NC(=O)C[NH+]2CCN(C(=O)c3ccco3)CC2)c(Cl)c1. The minimum absolute atomic E-state index is 0.0773. The highest BCUT2D eigenvalue weighted by molar-refractivity contribution is 6.33. The van der Waals surface area contributed by atoms with Gasteiger partial charge in [0, 0.05) is 0 Å². The highest BCUT2D eigenvalue weighted by Crippen LogP contribution is 2.22. The molecule has 1 fully saturated rings. The Hall–Kier alpha value is -2.31. The number of aryl methyl sites for hydroxylation is 1. The molecule has 25 heavy (non-hydrogen) atoms. The second-order valence-electron chi connectivity index (χ2n) is 6.23. The summed E-state index contributed by atoms with van der Waals surface area (Å²) in [6.45, 7) is 4.96. The number of hydrogen-bond acceptors (Lipinski definition) is 3. The second kappa shape index (κ2) is 7.72. The van der Waals surface area contributed by atoms with Gasteiger partial charge in [0.15, 0.2) is 12.3 Å². The number of hydrogen-bond donors (Lipinski definition) is 2. The van der Waals surface area contributed by atoms with E-state index in [9.17, 15) is 9.59 Å². The molecule has 0 aliphatic carbocycles. The number of anilines is 1. The molecule has 3 rings (SSSR count). The number of benzene rings is 1. The van der Waals surface area contributed by atoms with Gasteiger partial charge >= 0.3 is 0 Å². The number of furan rings is 1.